The van der Waals surface area contributed by atoms with Gasteiger partial charge < -0.3 is 9.64 Å². The van der Waals surface area contributed by atoms with Crippen LogP contribution in [0.1, 0.15) is 25.8 Å². The van der Waals surface area contributed by atoms with Crippen molar-refractivity contribution in [3.8, 4) is 6.07 Å². The van der Waals surface area contributed by atoms with E-state index in [0.717, 1.165) is 12.0 Å². The van der Waals surface area contributed by atoms with E-state index in [2.05, 4.69) is 65.9 Å². The van der Waals surface area contributed by atoms with Gasteiger partial charge in [-0.2, -0.15) is 5.26 Å². The summed E-state index contributed by atoms with van der Waals surface area (Å²) in [4.78, 5) is 2.73. The van der Waals surface area contributed by atoms with E-state index < -0.39 is 0 Å². The Labute approximate surface area is 161 Å². The predicted molar refractivity (Wildman–Crippen MR) is 113 cm³/mol. The van der Waals surface area contributed by atoms with Crippen molar-refractivity contribution in [2.24, 2.45) is 0 Å². The molecule has 5 heteroatoms. The van der Waals surface area contributed by atoms with Crippen molar-refractivity contribution in [3.63, 3.8) is 0 Å². The summed E-state index contributed by atoms with van der Waals surface area (Å²) in [7, 11) is 5.77. The third-order valence-corrected chi connectivity index (χ3v) is 5.22. The summed E-state index contributed by atoms with van der Waals surface area (Å²) in [5.74, 6) is 0. The molecular weight excluding hydrogens is 342 g/mol. The zero-order chi connectivity index (χ0) is 19.2. The second-order valence-corrected chi connectivity index (χ2v) is 7.98. The smallest absolute Gasteiger partial charge is 0.107 e. The molecule has 0 saturated heterocycles. The highest BCUT2D eigenvalue weighted by molar-refractivity contribution is 8.01. The molecule has 0 bridgehead atoms. The third-order valence-electron chi connectivity index (χ3n) is 4.14. The normalized spacial score (nSPS) is 12.2. The Balaban J connectivity index is 2.15. The average Bonchev–Trinajstić information content (AvgIpc) is 2.62. The molecule has 138 valence electrons. The van der Waals surface area contributed by atoms with E-state index in [1.54, 1.807) is 7.11 Å². The van der Waals surface area contributed by atoms with Gasteiger partial charge in [-0.1, -0.05) is 18.2 Å². The summed E-state index contributed by atoms with van der Waals surface area (Å²) < 4.78 is 8.50. The number of fused-ring (bicyclic) bond motifs is 1. The molecular formula is C21H27N3OS. The molecule has 0 aliphatic rings. The van der Waals surface area contributed by atoms with Crippen molar-refractivity contribution < 1.29 is 4.74 Å². The zero-order valence-electron chi connectivity index (χ0n) is 16.2. The van der Waals surface area contributed by atoms with Crippen molar-refractivity contribution in [1.82, 2.24) is 4.72 Å². The van der Waals surface area contributed by atoms with Gasteiger partial charge >= 0.3 is 0 Å². The van der Waals surface area contributed by atoms with E-state index in [9.17, 15) is 5.26 Å². The van der Waals surface area contributed by atoms with E-state index in [4.69, 9.17) is 4.74 Å². The van der Waals surface area contributed by atoms with Crippen LogP contribution in [0.3, 0.4) is 0 Å². The van der Waals surface area contributed by atoms with Gasteiger partial charge in [0, 0.05) is 39.0 Å². The van der Waals surface area contributed by atoms with Gasteiger partial charge in [-0.15, -0.1) is 0 Å². The maximum atomic E-state index is 9.46. The highest BCUT2D eigenvalue weighted by Crippen LogP contribution is 2.25. The van der Waals surface area contributed by atoms with E-state index in [0.29, 0.717) is 11.5 Å². The van der Waals surface area contributed by atoms with Gasteiger partial charge in [0.15, 0.2) is 0 Å². The van der Waals surface area contributed by atoms with Crippen LogP contribution in [0.4, 0.5) is 5.69 Å². The SMILES string of the molecule is COCCC(C)(C)NS/C(C#N)=C/c1ccc2cc(N(C)C)ccc2c1. The van der Waals surface area contributed by atoms with Crippen LogP contribution in [-0.2, 0) is 4.74 Å². The van der Waals surface area contributed by atoms with Crippen molar-refractivity contribution in [1.29, 1.82) is 5.26 Å². The Morgan fingerprint density at radius 2 is 1.92 bits per heavy atom. The number of anilines is 1. The molecule has 0 heterocycles. The number of rotatable bonds is 8. The molecule has 2 aromatic rings. The van der Waals surface area contributed by atoms with Gasteiger partial charge in [0.25, 0.3) is 0 Å². The highest BCUT2D eigenvalue weighted by atomic mass is 32.2. The summed E-state index contributed by atoms with van der Waals surface area (Å²) in [6.07, 6.45) is 2.79. The van der Waals surface area contributed by atoms with Crippen LogP contribution >= 0.6 is 11.9 Å². The number of hydrogen-bond donors (Lipinski definition) is 1. The fourth-order valence-electron chi connectivity index (χ4n) is 2.46. The maximum Gasteiger partial charge on any atom is 0.107 e. The zero-order valence-corrected chi connectivity index (χ0v) is 17.0. The molecule has 0 aromatic heterocycles. The Morgan fingerprint density at radius 1 is 1.23 bits per heavy atom. The van der Waals surface area contributed by atoms with Gasteiger partial charge in [-0.25, -0.2) is 0 Å². The number of benzene rings is 2. The van der Waals surface area contributed by atoms with Crippen LogP contribution in [0, 0.1) is 11.3 Å². The summed E-state index contributed by atoms with van der Waals surface area (Å²) >= 11 is 1.37. The fourth-order valence-corrected chi connectivity index (χ4v) is 3.19. The first-order valence-electron chi connectivity index (χ1n) is 8.60. The lowest BCUT2D eigenvalue weighted by Crippen LogP contribution is -2.35. The Kier molecular flexibility index (Phi) is 7.10. The molecule has 0 fully saturated rings. The number of methoxy groups -OCH3 is 1. The molecule has 0 saturated carbocycles. The second kappa shape index (κ2) is 9.09. The molecule has 2 aromatic carbocycles. The quantitative estimate of drug-likeness (QED) is 0.534. The number of ether oxygens (including phenoxy) is 1. The minimum absolute atomic E-state index is 0.109. The lowest BCUT2D eigenvalue weighted by molar-refractivity contribution is 0.173. The third kappa shape index (κ3) is 5.77. The van der Waals surface area contributed by atoms with E-state index in [-0.39, 0.29) is 5.54 Å². The van der Waals surface area contributed by atoms with Crippen LogP contribution in [0.5, 0.6) is 0 Å². The molecule has 26 heavy (non-hydrogen) atoms. The topological polar surface area (TPSA) is 48.3 Å². The van der Waals surface area contributed by atoms with Gasteiger partial charge in [0.1, 0.15) is 11.0 Å². The number of hydrogen-bond acceptors (Lipinski definition) is 5. The number of nitrogens with one attached hydrogen (secondary N) is 1. The highest BCUT2D eigenvalue weighted by Gasteiger charge is 2.17. The van der Waals surface area contributed by atoms with Crippen LogP contribution in [-0.4, -0.2) is 33.4 Å². The Hall–Kier alpha value is -2.00. The summed E-state index contributed by atoms with van der Waals surface area (Å²) in [6, 6.07) is 14.9. The summed E-state index contributed by atoms with van der Waals surface area (Å²) in [5, 5.41) is 11.8. The van der Waals surface area contributed by atoms with Crippen molar-refractivity contribution in [2.75, 3.05) is 32.7 Å². The van der Waals surface area contributed by atoms with E-state index in [1.165, 1.54) is 28.4 Å². The van der Waals surface area contributed by atoms with Crippen molar-refractivity contribution >= 4 is 34.5 Å². The minimum atomic E-state index is -0.109. The molecule has 0 amide bonds. The molecule has 0 radical (unpaired) electrons. The lowest BCUT2D eigenvalue weighted by Gasteiger charge is -2.24. The lowest BCUT2D eigenvalue weighted by atomic mass is 10.0. The van der Waals surface area contributed by atoms with Gasteiger partial charge in [-0.05, 0) is 72.8 Å². The Morgan fingerprint density at radius 3 is 2.58 bits per heavy atom. The monoisotopic (exact) mass is 369 g/mol. The molecule has 0 aliphatic heterocycles. The van der Waals surface area contributed by atoms with Crippen LogP contribution in [0.2, 0.25) is 0 Å². The van der Waals surface area contributed by atoms with Crippen LogP contribution in [0.15, 0.2) is 41.3 Å². The molecule has 4 nitrogen and oxygen atoms in total. The molecule has 0 atom stereocenters. The van der Waals surface area contributed by atoms with E-state index >= 15 is 0 Å². The van der Waals surface area contributed by atoms with Gasteiger partial charge in [0.2, 0.25) is 0 Å². The molecule has 0 unspecified atom stereocenters. The Bertz CT molecular complexity index is 822. The first kappa shape index (κ1) is 20.3. The molecule has 0 aliphatic carbocycles. The van der Waals surface area contributed by atoms with E-state index in [1.807, 2.05) is 20.2 Å². The largest absolute Gasteiger partial charge is 0.385 e. The van der Waals surface area contributed by atoms with Crippen LogP contribution < -0.4 is 9.62 Å². The predicted octanol–water partition coefficient (Wildman–Crippen LogP) is 4.82. The number of nitriles is 1. The molecule has 2 rings (SSSR count). The average molecular weight is 370 g/mol. The number of nitrogens with zero attached hydrogens (tertiary/aromatic N) is 2. The standard InChI is InChI=1S/C21H27N3OS/c1-21(2,10-11-25-5)23-26-20(15-22)13-16-6-7-18-14-19(24(3)4)9-8-17(18)12-16/h6-9,12-14,23H,10-11H2,1-5H3/b20-13+. The maximum absolute atomic E-state index is 9.46. The van der Waals surface area contributed by atoms with Gasteiger partial charge in [-0.3, -0.25) is 4.72 Å². The van der Waals surface area contributed by atoms with Crippen molar-refractivity contribution in [3.05, 3.63) is 46.9 Å². The first-order valence-corrected chi connectivity index (χ1v) is 9.42. The van der Waals surface area contributed by atoms with Crippen LogP contribution in [0.25, 0.3) is 16.8 Å². The second-order valence-electron chi connectivity index (χ2n) is 7.14. The van der Waals surface area contributed by atoms with Gasteiger partial charge in [0.05, 0.1) is 0 Å². The molecule has 0 spiro atoms. The van der Waals surface area contributed by atoms with Crippen molar-refractivity contribution in [2.45, 2.75) is 25.8 Å². The minimum Gasteiger partial charge on any atom is -0.385 e. The molecule has 1 N–H and O–H groups in total. The first-order chi connectivity index (χ1) is 12.3. The fraction of sp³-hybridized carbons (Fsp3) is 0.381. The summed E-state index contributed by atoms with van der Waals surface area (Å²) in [5.41, 5.74) is 2.09. The number of allylic oxidation sites excluding steroid dienone is 1. The summed E-state index contributed by atoms with van der Waals surface area (Å²) in [6.45, 7) is 4.89.